The Morgan fingerprint density at radius 2 is 1.84 bits per heavy atom. The predicted octanol–water partition coefficient (Wildman–Crippen LogP) is 5.54. The molecule has 0 aliphatic heterocycles. The second-order valence-corrected chi connectivity index (χ2v) is 8.19. The second-order valence-electron chi connectivity index (χ2n) is 7.25. The maximum Gasteiger partial charge on any atom is 0.336 e. The molecular formula is C24H19N3O3S. The van der Waals surface area contributed by atoms with Crippen molar-refractivity contribution in [2.45, 2.75) is 24.8 Å². The number of hydrogen-bond donors (Lipinski definition) is 0. The Morgan fingerprint density at radius 3 is 2.61 bits per heavy atom. The molecule has 5 rings (SSSR count). The van der Waals surface area contributed by atoms with Crippen molar-refractivity contribution >= 4 is 22.7 Å². The molecule has 0 radical (unpaired) electrons. The van der Waals surface area contributed by atoms with Crippen molar-refractivity contribution in [2.75, 3.05) is 0 Å². The van der Waals surface area contributed by atoms with Crippen molar-refractivity contribution in [2.24, 2.45) is 0 Å². The molecule has 0 saturated heterocycles. The van der Waals surface area contributed by atoms with Gasteiger partial charge in [0, 0.05) is 22.9 Å². The van der Waals surface area contributed by atoms with Gasteiger partial charge in [0.25, 0.3) is 0 Å². The first kappa shape index (κ1) is 19.4. The summed E-state index contributed by atoms with van der Waals surface area (Å²) in [4.78, 5) is 12.1. The van der Waals surface area contributed by atoms with Gasteiger partial charge in [-0.3, -0.25) is 4.57 Å². The van der Waals surface area contributed by atoms with Crippen LogP contribution in [0.4, 0.5) is 0 Å². The molecule has 0 spiro atoms. The zero-order chi connectivity index (χ0) is 21.4. The minimum atomic E-state index is -0.354. The Labute approximate surface area is 182 Å². The standard InChI is InChI=1S/C24H19N3O3S/c1-15-8-9-20-17(13-22(28)30-21(20)12-15)14-31-24-26-25-23(19-10-11-29-16(19)2)27(24)18-6-4-3-5-7-18/h3-13H,14H2,1-2H3. The van der Waals surface area contributed by atoms with E-state index in [9.17, 15) is 4.79 Å². The molecule has 0 fully saturated rings. The van der Waals surface area contributed by atoms with Crippen LogP contribution in [0.3, 0.4) is 0 Å². The molecule has 0 aliphatic rings. The number of furan rings is 1. The van der Waals surface area contributed by atoms with Gasteiger partial charge in [-0.15, -0.1) is 10.2 Å². The Kier molecular flexibility index (Phi) is 4.95. The van der Waals surface area contributed by atoms with Crippen molar-refractivity contribution in [3.63, 3.8) is 0 Å². The number of rotatable bonds is 5. The van der Waals surface area contributed by atoms with Crippen LogP contribution >= 0.6 is 11.8 Å². The number of aryl methyl sites for hydroxylation is 2. The highest BCUT2D eigenvalue weighted by molar-refractivity contribution is 7.98. The van der Waals surface area contributed by atoms with Crippen LogP contribution in [0.1, 0.15) is 16.9 Å². The van der Waals surface area contributed by atoms with Crippen molar-refractivity contribution in [3.8, 4) is 17.1 Å². The number of hydrogen-bond acceptors (Lipinski definition) is 6. The second kappa shape index (κ2) is 7.92. The number of benzene rings is 2. The average molecular weight is 430 g/mol. The summed E-state index contributed by atoms with van der Waals surface area (Å²) in [6.45, 7) is 3.88. The lowest BCUT2D eigenvalue weighted by atomic mass is 10.1. The van der Waals surface area contributed by atoms with Gasteiger partial charge in [-0.25, -0.2) is 4.79 Å². The highest BCUT2D eigenvalue weighted by Crippen LogP contribution is 2.32. The zero-order valence-corrected chi connectivity index (χ0v) is 17.8. The minimum Gasteiger partial charge on any atom is -0.469 e. The fraction of sp³-hybridized carbons (Fsp3) is 0.125. The van der Waals surface area contributed by atoms with E-state index < -0.39 is 0 Å². The summed E-state index contributed by atoms with van der Waals surface area (Å²) in [5, 5.41) is 10.6. The van der Waals surface area contributed by atoms with E-state index in [1.165, 1.54) is 11.8 Å². The predicted molar refractivity (Wildman–Crippen MR) is 121 cm³/mol. The normalized spacial score (nSPS) is 11.3. The molecule has 0 amide bonds. The molecular weight excluding hydrogens is 410 g/mol. The van der Waals surface area contributed by atoms with Crippen LogP contribution in [0.25, 0.3) is 28.0 Å². The number of nitrogens with zero attached hydrogens (tertiary/aromatic N) is 3. The molecule has 0 unspecified atom stereocenters. The Morgan fingerprint density at radius 1 is 1.00 bits per heavy atom. The van der Waals surface area contributed by atoms with E-state index in [-0.39, 0.29) is 5.63 Å². The zero-order valence-electron chi connectivity index (χ0n) is 17.0. The van der Waals surface area contributed by atoms with E-state index in [1.807, 2.05) is 73.0 Å². The Bertz CT molecular complexity index is 1430. The Balaban J connectivity index is 1.57. The molecule has 0 bridgehead atoms. The Hall–Kier alpha value is -3.58. The number of aromatic nitrogens is 3. The van der Waals surface area contributed by atoms with Gasteiger partial charge in [0.05, 0.1) is 11.8 Å². The van der Waals surface area contributed by atoms with Crippen molar-refractivity contribution in [1.82, 2.24) is 14.8 Å². The van der Waals surface area contributed by atoms with Crippen LogP contribution in [0.5, 0.6) is 0 Å². The summed E-state index contributed by atoms with van der Waals surface area (Å²) >= 11 is 1.52. The van der Waals surface area contributed by atoms with Crippen LogP contribution in [0.2, 0.25) is 0 Å². The van der Waals surface area contributed by atoms with Gasteiger partial charge in [-0.1, -0.05) is 42.1 Å². The summed E-state index contributed by atoms with van der Waals surface area (Å²) in [5.41, 5.74) is 4.04. The first-order valence-electron chi connectivity index (χ1n) is 9.81. The SMILES string of the molecule is Cc1ccc2c(CSc3nnc(-c4ccoc4C)n3-c3ccccc3)cc(=O)oc2c1. The molecule has 31 heavy (non-hydrogen) atoms. The molecule has 3 heterocycles. The maximum absolute atomic E-state index is 12.1. The lowest BCUT2D eigenvalue weighted by Crippen LogP contribution is -2.02. The van der Waals surface area contributed by atoms with Gasteiger partial charge in [0.15, 0.2) is 11.0 Å². The first-order valence-corrected chi connectivity index (χ1v) is 10.8. The number of para-hydroxylation sites is 1. The summed E-state index contributed by atoms with van der Waals surface area (Å²) in [7, 11) is 0. The fourth-order valence-electron chi connectivity index (χ4n) is 3.56. The monoisotopic (exact) mass is 429 g/mol. The van der Waals surface area contributed by atoms with Crippen LogP contribution in [-0.4, -0.2) is 14.8 Å². The van der Waals surface area contributed by atoms with Crippen LogP contribution < -0.4 is 5.63 Å². The molecule has 0 aliphatic carbocycles. The van der Waals surface area contributed by atoms with Gasteiger partial charge in [-0.2, -0.15) is 0 Å². The molecule has 0 saturated carbocycles. The van der Waals surface area contributed by atoms with E-state index in [0.717, 1.165) is 38.7 Å². The highest BCUT2D eigenvalue weighted by atomic mass is 32.2. The molecule has 0 atom stereocenters. The molecule has 6 nitrogen and oxygen atoms in total. The third kappa shape index (κ3) is 3.68. The molecule has 0 N–H and O–H groups in total. The first-order chi connectivity index (χ1) is 15.1. The van der Waals surface area contributed by atoms with Crippen LogP contribution in [0.15, 0.2) is 85.7 Å². The van der Waals surface area contributed by atoms with Gasteiger partial charge >= 0.3 is 5.63 Å². The molecule has 7 heteroatoms. The topological polar surface area (TPSA) is 74.1 Å². The summed E-state index contributed by atoms with van der Waals surface area (Å²) < 4.78 is 12.9. The van der Waals surface area contributed by atoms with E-state index in [1.54, 1.807) is 12.3 Å². The van der Waals surface area contributed by atoms with Crippen molar-refractivity contribution in [1.29, 1.82) is 0 Å². The van der Waals surface area contributed by atoms with Crippen molar-refractivity contribution < 1.29 is 8.83 Å². The van der Waals surface area contributed by atoms with E-state index >= 15 is 0 Å². The number of fused-ring (bicyclic) bond motifs is 1. The van der Waals surface area contributed by atoms with Crippen molar-refractivity contribution in [3.05, 3.63) is 94.2 Å². The van der Waals surface area contributed by atoms with Gasteiger partial charge in [0.1, 0.15) is 11.3 Å². The highest BCUT2D eigenvalue weighted by Gasteiger charge is 2.19. The maximum atomic E-state index is 12.1. The van der Waals surface area contributed by atoms with E-state index in [0.29, 0.717) is 17.2 Å². The largest absolute Gasteiger partial charge is 0.469 e. The third-order valence-electron chi connectivity index (χ3n) is 5.09. The quantitative estimate of drug-likeness (QED) is 0.270. The fourth-order valence-corrected chi connectivity index (χ4v) is 4.51. The molecule has 5 aromatic rings. The average Bonchev–Trinajstić information content (AvgIpc) is 3.37. The molecule has 154 valence electrons. The summed E-state index contributed by atoms with van der Waals surface area (Å²) in [5.74, 6) is 2.05. The third-order valence-corrected chi connectivity index (χ3v) is 6.07. The lowest BCUT2D eigenvalue weighted by Gasteiger charge is -2.10. The molecule has 2 aromatic carbocycles. The van der Waals surface area contributed by atoms with Crippen LogP contribution in [0, 0.1) is 13.8 Å². The number of thioether (sulfide) groups is 1. The lowest BCUT2D eigenvalue weighted by molar-refractivity contribution is 0.535. The smallest absolute Gasteiger partial charge is 0.336 e. The minimum absolute atomic E-state index is 0.354. The van der Waals surface area contributed by atoms with Gasteiger partial charge in [0.2, 0.25) is 0 Å². The van der Waals surface area contributed by atoms with E-state index in [2.05, 4.69) is 10.2 Å². The van der Waals surface area contributed by atoms with Gasteiger partial charge < -0.3 is 8.83 Å². The molecule has 3 aromatic heterocycles. The van der Waals surface area contributed by atoms with Crippen LogP contribution in [-0.2, 0) is 5.75 Å². The summed E-state index contributed by atoms with van der Waals surface area (Å²) in [6, 6.07) is 19.3. The van der Waals surface area contributed by atoms with E-state index in [4.69, 9.17) is 8.83 Å². The van der Waals surface area contributed by atoms with Gasteiger partial charge in [-0.05, 0) is 49.2 Å². The summed E-state index contributed by atoms with van der Waals surface area (Å²) in [6.07, 6.45) is 1.65.